The molecular formula is C15H26N2. The smallest absolute Gasteiger partial charge is 0.0597 e. The Bertz CT molecular complexity index is 293. The first-order valence-corrected chi connectivity index (χ1v) is 6.66. The molecule has 0 fully saturated rings. The SMILES string of the molecule is CC.CC1CC=NN1c1ccccc1.CCC. The van der Waals surface area contributed by atoms with Crippen LogP contribution in [0.4, 0.5) is 5.69 Å². The van der Waals surface area contributed by atoms with Crippen molar-refractivity contribution in [1.29, 1.82) is 0 Å². The van der Waals surface area contributed by atoms with Gasteiger partial charge in [0.15, 0.2) is 0 Å². The minimum atomic E-state index is 0.507. The summed E-state index contributed by atoms with van der Waals surface area (Å²) in [4.78, 5) is 0. The minimum Gasteiger partial charge on any atom is -0.263 e. The van der Waals surface area contributed by atoms with Gasteiger partial charge in [-0.05, 0) is 19.1 Å². The quantitative estimate of drug-likeness (QED) is 0.687. The molecule has 0 saturated carbocycles. The van der Waals surface area contributed by atoms with Crippen molar-refractivity contribution in [1.82, 2.24) is 0 Å². The van der Waals surface area contributed by atoms with E-state index in [2.05, 4.69) is 43.0 Å². The Morgan fingerprint density at radius 3 is 2.12 bits per heavy atom. The fourth-order valence-electron chi connectivity index (χ4n) is 1.40. The first kappa shape index (κ1) is 15.7. The summed E-state index contributed by atoms with van der Waals surface area (Å²) in [6.45, 7) is 10.4. The molecule has 1 heterocycles. The standard InChI is InChI=1S/C10H12N2.C3H8.C2H6/c1-9-7-8-11-12(9)10-5-3-2-4-6-10;1-3-2;1-2/h2-6,8-9H,7H2,1H3;3H2,1-2H3;1-2H3. The topological polar surface area (TPSA) is 15.6 Å². The van der Waals surface area contributed by atoms with E-state index < -0.39 is 0 Å². The highest BCUT2D eigenvalue weighted by atomic mass is 15.5. The van der Waals surface area contributed by atoms with E-state index in [1.54, 1.807) is 0 Å². The molecule has 0 bridgehead atoms. The Hall–Kier alpha value is -1.31. The lowest BCUT2D eigenvalue weighted by atomic mass is 10.2. The highest BCUT2D eigenvalue weighted by Gasteiger charge is 2.16. The van der Waals surface area contributed by atoms with E-state index in [1.165, 1.54) is 12.1 Å². The molecule has 0 amide bonds. The summed E-state index contributed by atoms with van der Waals surface area (Å²) < 4.78 is 0. The van der Waals surface area contributed by atoms with Crippen molar-refractivity contribution in [2.75, 3.05) is 5.01 Å². The van der Waals surface area contributed by atoms with Crippen LogP contribution >= 0.6 is 0 Å². The molecule has 2 rings (SSSR count). The van der Waals surface area contributed by atoms with Crippen molar-refractivity contribution >= 4 is 11.9 Å². The maximum absolute atomic E-state index is 4.30. The highest BCUT2D eigenvalue weighted by Crippen LogP contribution is 2.20. The third-order valence-corrected chi connectivity index (χ3v) is 2.09. The van der Waals surface area contributed by atoms with Gasteiger partial charge >= 0.3 is 0 Å². The zero-order valence-corrected chi connectivity index (χ0v) is 11.9. The molecule has 0 spiro atoms. The number of para-hydroxylation sites is 1. The molecule has 0 N–H and O–H groups in total. The minimum absolute atomic E-state index is 0.507. The Kier molecular flexibility index (Phi) is 9.12. The van der Waals surface area contributed by atoms with Crippen molar-refractivity contribution in [2.24, 2.45) is 5.10 Å². The first-order valence-electron chi connectivity index (χ1n) is 6.66. The summed E-state index contributed by atoms with van der Waals surface area (Å²) in [5.41, 5.74) is 1.18. The summed E-state index contributed by atoms with van der Waals surface area (Å²) in [7, 11) is 0. The molecule has 1 aromatic rings. The van der Waals surface area contributed by atoms with Crippen molar-refractivity contribution in [3.05, 3.63) is 30.3 Å². The van der Waals surface area contributed by atoms with Gasteiger partial charge in [0.25, 0.3) is 0 Å². The number of hydrazone groups is 1. The molecule has 2 heteroatoms. The number of hydrogen-bond acceptors (Lipinski definition) is 2. The molecule has 0 aromatic heterocycles. The molecule has 0 saturated heterocycles. The summed E-state index contributed by atoms with van der Waals surface area (Å²) in [5, 5.41) is 6.35. The second-order valence-electron chi connectivity index (χ2n) is 3.77. The fourth-order valence-corrected chi connectivity index (χ4v) is 1.40. The zero-order valence-electron chi connectivity index (χ0n) is 11.9. The van der Waals surface area contributed by atoms with Crippen LogP contribution < -0.4 is 5.01 Å². The van der Waals surface area contributed by atoms with Crippen molar-refractivity contribution in [3.63, 3.8) is 0 Å². The summed E-state index contributed by atoms with van der Waals surface area (Å²) >= 11 is 0. The molecule has 0 radical (unpaired) electrons. The van der Waals surface area contributed by atoms with Crippen LogP contribution in [0.1, 0.15) is 47.5 Å². The van der Waals surface area contributed by atoms with Gasteiger partial charge in [-0.3, -0.25) is 5.01 Å². The number of nitrogens with zero attached hydrogens (tertiary/aromatic N) is 2. The largest absolute Gasteiger partial charge is 0.263 e. The van der Waals surface area contributed by atoms with E-state index in [9.17, 15) is 0 Å². The Balaban J connectivity index is 0.000000450. The molecule has 0 aliphatic carbocycles. The van der Waals surface area contributed by atoms with Gasteiger partial charge in [0.2, 0.25) is 0 Å². The first-order chi connectivity index (χ1) is 8.29. The third-order valence-electron chi connectivity index (χ3n) is 2.09. The van der Waals surface area contributed by atoms with Crippen molar-refractivity contribution in [2.45, 2.75) is 53.5 Å². The Morgan fingerprint density at radius 1 is 1.18 bits per heavy atom. The van der Waals surface area contributed by atoms with Gasteiger partial charge in [0, 0.05) is 12.6 Å². The van der Waals surface area contributed by atoms with Gasteiger partial charge in [-0.1, -0.05) is 52.3 Å². The van der Waals surface area contributed by atoms with E-state index in [-0.39, 0.29) is 0 Å². The van der Waals surface area contributed by atoms with E-state index in [0.717, 1.165) is 6.42 Å². The Labute approximate surface area is 106 Å². The lowest BCUT2D eigenvalue weighted by Crippen LogP contribution is -2.22. The van der Waals surface area contributed by atoms with Crippen LogP contribution in [0.25, 0.3) is 0 Å². The van der Waals surface area contributed by atoms with Crippen LogP contribution in [0, 0.1) is 0 Å². The molecule has 1 aliphatic rings. The van der Waals surface area contributed by atoms with Crippen LogP contribution in [-0.4, -0.2) is 12.3 Å². The second-order valence-corrected chi connectivity index (χ2v) is 3.77. The molecule has 17 heavy (non-hydrogen) atoms. The fraction of sp³-hybridized carbons (Fsp3) is 0.533. The zero-order chi connectivity index (χ0) is 13.1. The predicted molar refractivity (Wildman–Crippen MR) is 78.8 cm³/mol. The molecule has 1 unspecified atom stereocenters. The van der Waals surface area contributed by atoms with Crippen LogP contribution in [-0.2, 0) is 0 Å². The van der Waals surface area contributed by atoms with Crippen LogP contribution in [0.15, 0.2) is 35.4 Å². The van der Waals surface area contributed by atoms with Crippen LogP contribution in [0.5, 0.6) is 0 Å². The maximum Gasteiger partial charge on any atom is 0.0597 e. The molecular weight excluding hydrogens is 208 g/mol. The van der Waals surface area contributed by atoms with Gasteiger partial charge in [-0.25, -0.2) is 0 Å². The monoisotopic (exact) mass is 234 g/mol. The number of anilines is 1. The maximum atomic E-state index is 4.30. The lowest BCUT2D eigenvalue weighted by Gasteiger charge is -2.19. The van der Waals surface area contributed by atoms with Crippen LogP contribution in [0.3, 0.4) is 0 Å². The highest BCUT2D eigenvalue weighted by molar-refractivity contribution is 5.66. The normalized spacial score (nSPS) is 16.8. The van der Waals surface area contributed by atoms with E-state index in [1.807, 2.05) is 38.3 Å². The third kappa shape index (κ3) is 5.53. The summed E-state index contributed by atoms with van der Waals surface area (Å²) in [5.74, 6) is 0. The van der Waals surface area contributed by atoms with Gasteiger partial charge in [0.1, 0.15) is 0 Å². The van der Waals surface area contributed by atoms with Gasteiger partial charge < -0.3 is 0 Å². The molecule has 1 aliphatic heterocycles. The molecule has 2 nitrogen and oxygen atoms in total. The van der Waals surface area contributed by atoms with Gasteiger partial charge in [-0.2, -0.15) is 5.10 Å². The van der Waals surface area contributed by atoms with Crippen LogP contribution in [0.2, 0.25) is 0 Å². The lowest BCUT2D eigenvalue weighted by molar-refractivity contribution is 0.724. The average Bonchev–Trinajstić information content (AvgIpc) is 2.80. The molecule has 1 aromatic carbocycles. The second kappa shape index (κ2) is 9.88. The van der Waals surface area contributed by atoms with Crippen molar-refractivity contribution in [3.8, 4) is 0 Å². The summed E-state index contributed by atoms with van der Waals surface area (Å²) in [6.07, 6.45) is 4.27. The average molecular weight is 234 g/mol. The van der Waals surface area contributed by atoms with Gasteiger partial charge in [-0.15, -0.1) is 0 Å². The van der Waals surface area contributed by atoms with Gasteiger partial charge in [0.05, 0.1) is 11.7 Å². The molecule has 96 valence electrons. The predicted octanol–water partition coefficient (Wildman–Crippen LogP) is 4.71. The molecule has 1 atom stereocenters. The Morgan fingerprint density at radius 2 is 1.71 bits per heavy atom. The summed E-state index contributed by atoms with van der Waals surface area (Å²) in [6, 6.07) is 10.8. The van der Waals surface area contributed by atoms with E-state index in [0.29, 0.717) is 6.04 Å². The van der Waals surface area contributed by atoms with E-state index in [4.69, 9.17) is 0 Å². The van der Waals surface area contributed by atoms with Crippen molar-refractivity contribution < 1.29 is 0 Å². The number of hydrogen-bond donors (Lipinski definition) is 0. The van der Waals surface area contributed by atoms with E-state index >= 15 is 0 Å². The number of benzene rings is 1. The number of rotatable bonds is 1.